The third kappa shape index (κ3) is 3.12. The van der Waals surface area contributed by atoms with E-state index >= 15 is 0 Å². The molecule has 0 atom stereocenters. The van der Waals surface area contributed by atoms with E-state index in [1.165, 1.54) is 0 Å². The number of nitrogens with one attached hydrogen (secondary N) is 1. The molecular weight excluding hydrogens is 364 g/mol. The first-order valence-corrected chi connectivity index (χ1v) is 9.18. The Hall–Kier alpha value is -4.00. The number of imidazole rings is 1. The van der Waals surface area contributed by atoms with E-state index in [-0.39, 0.29) is 5.91 Å². The van der Waals surface area contributed by atoms with Gasteiger partial charge in [-0.1, -0.05) is 12.1 Å². The largest absolute Gasteiger partial charge is 0.334 e. The van der Waals surface area contributed by atoms with Gasteiger partial charge >= 0.3 is 0 Å². The number of aryl methyl sites for hydroxylation is 2. The number of carbonyl (C=O) groups is 1. The third-order valence-electron chi connectivity index (χ3n) is 4.99. The average molecular weight is 382 g/mol. The van der Waals surface area contributed by atoms with Gasteiger partial charge in [0.1, 0.15) is 5.82 Å². The zero-order valence-electron chi connectivity index (χ0n) is 16.0. The molecule has 29 heavy (non-hydrogen) atoms. The molecule has 0 saturated heterocycles. The molecule has 1 amide bonds. The second kappa shape index (κ2) is 6.56. The zero-order chi connectivity index (χ0) is 20.0. The Kier molecular flexibility index (Phi) is 3.87. The molecule has 1 N–H and O–H groups in total. The summed E-state index contributed by atoms with van der Waals surface area (Å²) in [5.41, 5.74) is 4.42. The number of anilines is 1. The van der Waals surface area contributed by atoms with Crippen LogP contribution in [-0.2, 0) is 14.1 Å². The Morgan fingerprint density at radius 3 is 2.66 bits per heavy atom. The van der Waals surface area contributed by atoms with Gasteiger partial charge in [0, 0.05) is 43.0 Å². The maximum absolute atomic E-state index is 12.7. The van der Waals surface area contributed by atoms with E-state index in [1.54, 1.807) is 29.3 Å². The van der Waals surface area contributed by atoms with E-state index in [0.717, 1.165) is 32.9 Å². The van der Waals surface area contributed by atoms with Crippen LogP contribution in [0.25, 0.3) is 32.9 Å². The van der Waals surface area contributed by atoms with Gasteiger partial charge in [-0.25, -0.2) is 9.97 Å². The number of rotatable bonds is 3. The molecule has 0 aliphatic heterocycles. The lowest BCUT2D eigenvalue weighted by Gasteiger charge is -2.07. The monoisotopic (exact) mass is 382 g/mol. The van der Waals surface area contributed by atoms with Gasteiger partial charge in [-0.2, -0.15) is 5.10 Å². The van der Waals surface area contributed by atoms with Crippen LogP contribution >= 0.6 is 0 Å². The van der Waals surface area contributed by atoms with Crippen molar-refractivity contribution in [2.75, 3.05) is 5.32 Å². The van der Waals surface area contributed by atoms with E-state index in [0.29, 0.717) is 11.4 Å². The van der Waals surface area contributed by atoms with Crippen molar-refractivity contribution in [2.24, 2.45) is 14.1 Å². The smallest absolute Gasteiger partial charge is 0.256 e. The minimum atomic E-state index is -0.215. The van der Waals surface area contributed by atoms with E-state index in [4.69, 9.17) is 0 Å². The molecule has 0 aliphatic rings. The molecule has 0 saturated carbocycles. The van der Waals surface area contributed by atoms with Crippen LogP contribution < -0.4 is 5.32 Å². The van der Waals surface area contributed by atoms with E-state index in [1.807, 2.05) is 55.3 Å². The second-order valence-corrected chi connectivity index (χ2v) is 7.05. The SMILES string of the molecule is Cn1cc(-c2ccc3cnc(NC(=O)c4ccc5c(c4)ncn5C)cc3c2)cn1. The van der Waals surface area contributed by atoms with Gasteiger partial charge in [0.2, 0.25) is 0 Å². The first-order valence-electron chi connectivity index (χ1n) is 9.18. The molecule has 0 fully saturated rings. The zero-order valence-corrected chi connectivity index (χ0v) is 16.0. The summed E-state index contributed by atoms with van der Waals surface area (Å²) in [6, 6.07) is 13.5. The predicted octanol–water partition coefficient (Wildman–Crippen LogP) is 3.77. The number of nitrogens with zero attached hydrogens (tertiary/aromatic N) is 5. The van der Waals surface area contributed by atoms with Gasteiger partial charge < -0.3 is 9.88 Å². The summed E-state index contributed by atoms with van der Waals surface area (Å²) < 4.78 is 3.69. The van der Waals surface area contributed by atoms with Crippen LogP contribution in [0.4, 0.5) is 5.82 Å². The Bertz CT molecular complexity index is 1380. The van der Waals surface area contributed by atoms with Crippen LogP contribution in [0.5, 0.6) is 0 Å². The van der Waals surface area contributed by atoms with Crippen molar-refractivity contribution in [3.8, 4) is 11.1 Å². The van der Waals surface area contributed by atoms with E-state index in [2.05, 4.69) is 26.4 Å². The van der Waals surface area contributed by atoms with Crippen LogP contribution in [0.2, 0.25) is 0 Å². The van der Waals surface area contributed by atoms with Crippen LogP contribution in [0, 0.1) is 0 Å². The van der Waals surface area contributed by atoms with Crippen molar-refractivity contribution in [3.63, 3.8) is 0 Å². The van der Waals surface area contributed by atoms with Crippen molar-refractivity contribution >= 4 is 33.5 Å². The molecule has 7 heteroatoms. The average Bonchev–Trinajstić information content (AvgIpc) is 3.33. The van der Waals surface area contributed by atoms with Gasteiger partial charge in [0.05, 0.1) is 23.6 Å². The summed E-state index contributed by atoms with van der Waals surface area (Å²) in [6.07, 6.45) is 7.30. The fourth-order valence-corrected chi connectivity index (χ4v) is 3.43. The van der Waals surface area contributed by atoms with Gasteiger partial charge in [0.15, 0.2) is 0 Å². The Labute approximate surface area is 166 Å². The summed E-state index contributed by atoms with van der Waals surface area (Å²) in [7, 11) is 3.82. The predicted molar refractivity (Wildman–Crippen MR) is 113 cm³/mol. The number of fused-ring (bicyclic) bond motifs is 2. The molecule has 2 aromatic carbocycles. The van der Waals surface area contributed by atoms with Crippen LogP contribution in [0.1, 0.15) is 10.4 Å². The number of hydrogen-bond acceptors (Lipinski definition) is 4. The first-order chi connectivity index (χ1) is 14.1. The summed E-state index contributed by atoms with van der Waals surface area (Å²) in [4.78, 5) is 21.4. The van der Waals surface area contributed by atoms with Gasteiger partial charge in [0.25, 0.3) is 5.91 Å². The van der Waals surface area contributed by atoms with Crippen molar-refractivity contribution < 1.29 is 4.79 Å². The minimum Gasteiger partial charge on any atom is -0.334 e. The normalized spacial score (nSPS) is 11.2. The molecule has 5 rings (SSSR count). The lowest BCUT2D eigenvalue weighted by Crippen LogP contribution is -2.12. The molecule has 0 aliphatic carbocycles. The number of hydrogen-bond donors (Lipinski definition) is 1. The van der Waals surface area contributed by atoms with Crippen molar-refractivity contribution in [2.45, 2.75) is 0 Å². The molecule has 142 valence electrons. The molecule has 0 radical (unpaired) electrons. The van der Waals surface area contributed by atoms with Crippen molar-refractivity contribution in [1.82, 2.24) is 24.3 Å². The fraction of sp³-hybridized carbons (Fsp3) is 0.0909. The van der Waals surface area contributed by atoms with Crippen LogP contribution in [0.15, 0.2) is 67.4 Å². The highest BCUT2D eigenvalue weighted by atomic mass is 16.1. The number of amides is 1. The highest BCUT2D eigenvalue weighted by molar-refractivity contribution is 6.06. The van der Waals surface area contributed by atoms with Gasteiger partial charge in [-0.15, -0.1) is 0 Å². The minimum absolute atomic E-state index is 0.215. The number of aromatic nitrogens is 5. The number of pyridine rings is 1. The maximum Gasteiger partial charge on any atom is 0.256 e. The number of carbonyl (C=O) groups excluding carboxylic acids is 1. The Morgan fingerprint density at radius 2 is 1.83 bits per heavy atom. The van der Waals surface area contributed by atoms with Gasteiger partial charge in [-0.3, -0.25) is 9.48 Å². The summed E-state index contributed by atoms with van der Waals surface area (Å²) in [5.74, 6) is 0.291. The molecule has 0 bridgehead atoms. The van der Waals surface area contributed by atoms with E-state index < -0.39 is 0 Å². The van der Waals surface area contributed by atoms with E-state index in [9.17, 15) is 4.79 Å². The Balaban J connectivity index is 1.45. The number of benzene rings is 2. The highest BCUT2D eigenvalue weighted by Crippen LogP contribution is 2.25. The highest BCUT2D eigenvalue weighted by Gasteiger charge is 2.10. The summed E-state index contributed by atoms with van der Waals surface area (Å²) in [6.45, 7) is 0. The first kappa shape index (κ1) is 17.1. The van der Waals surface area contributed by atoms with Gasteiger partial charge in [-0.05, 0) is 41.3 Å². The van der Waals surface area contributed by atoms with Crippen LogP contribution in [0.3, 0.4) is 0 Å². The molecule has 3 heterocycles. The quantitative estimate of drug-likeness (QED) is 0.515. The summed E-state index contributed by atoms with van der Waals surface area (Å²) >= 11 is 0. The maximum atomic E-state index is 12.7. The van der Waals surface area contributed by atoms with Crippen molar-refractivity contribution in [3.05, 3.63) is 72.9 Å². The van der Waals surface area contributed by atoms with Crippen LogP contribution in [-0.4, -0.2) is 30.2 Å². The standard InChI is InChI=1S/C22H18N6O/c1-27-13-24-19-8-15(5-6-20(19)27)22(29)26-21-9-17-7-14(3-4-16(17)10-23-21)18-11-25-28(2)12-18/h3-13H,1-2H3,(H,23,26,29). The summed E-state index contributed by atoms with van der Waals surface area (Å²) in [5, 5.41) is 9.11. The van der Waals surface area contributed by atoms with Crippen molar-refractivity contribution in [1.29, 1.82) is 0 Å². The Morgan fingerprint density at radius 1 is 0.931 bits per heavy atom. The molecule has 7 nitrogen and oxygen atoms in total. The molecular formula is C22H18N6O. The lowest BCUT2D eigenvalue weighted by atomic mass is 10.1. The molecule has 0 spiro atoms. The topological polar surface area (TPSA) is 77.6 Å². The lowest BCUT2D eigenvalue weighted by molar-refractivity contribution is 0.102. The molecule has 5 aromatic rings. The second-order valence-electron chi connectivity index (χ2n) is 7.05. The molecule has 3 aromatic heterocycles. The molecule has 0 unspecified atom stereocenters. The third-order valence-corrected chi connectivity index (χ3v) is 4.99. The fourth-order valence-electron chi connectivity index (χ4n) is 3.43.